The van der Waals surface area contributed by atoms with Crippen molar-refractivity contribution in [3.05, 3.63) is 121 Å². The second kappa shape index (κ2) is 7.93. The SMILES string of the molecule is Cc1cc(-c2cccc3c2sc2ccccc23)cc(-c2nc3ccccc3n2-c2ccccc2)c1. The van der Waals surface area contributed by atoms with E-state index in [2.05, 4.69) is 127 Å². The molecule has 0 amide bonds. The molecule has 2 aromatic heterocycles. The number of hydrogen-bond acceptors (Lipinski definition) is 2. The fourth-order valence-electron chi connectivity index (χ4n) is 5.10. The first-order valence-corrected chi connectivity index (χ1v) is 12.6. The lowest BCUT2D eigenvalue weighted by atomic mass is 9.98. The van der Waals surface area contributed by atoms with Crippen molar-refractivity contribution in [1.29, 1.82) is 0 Å². The van der Waals surface area contributed by atoms with Crippen LogP contribution in [0.2, 0.25) is 0 Å². The molecule has 0 aliphatic rings. The molecule has 0 bridgehead atoms. The summed E-state index contributed by atoms with van der Waals surface area (Å²) in [4.78, 5) is 5.10. The molecule has 0 spiro atoms. The molecule has 0 fully saturated rings. The third-order valence-corrected chi connectivity index (χ3v) is 7.85. The molecule has 5 aromatic carbocycles. The van der Waals surface area contributed by atoms with E-state index >= 15 is 0 Å². The van der Waals surface area contributed by atoms with Crippen LogP contribution < -0.4 is 0 Å². The van der Waals surface area contributed by atoms with E-state index in [0.29, 0.717) is 0 Å². The Hall–Kier alpha value is -4.21. The van der Waals surface area contributed by atoms with E-state index < -0.39 is 0 Å². The van der Waals surface area contributed by atoms with Gasteiger partial charge in [0.15, 0.2) is 0 Å². The summed E-state index contributed by atoms with van der Waals surface area (Å²) in [6, 6.07) is 41.1. The zero-order valence-corrected chi connectivity index (χ0v) is 20.1. The average Bonchev–Trinajstić information content (AvgIpc) is 3.48. The lowest BCUT2D eigenvalue weighted by molar-refractivity contribution is 1.10. The van der Waals surface area contributed by atoms with Gasteiger partial charge in [0.1, 0.15) is 5.82 Å². The highest BCUT2D eigenvalue weighted by Crippen LogP contribution is 2.41. The van der Waals surface area contributed by atoms with Crippen molar-refractivity contribution < 1.29 is 0 Å². The Morgan fingerprint density at radius 1 is 0.657 bits per heavy atom. The van der Waals surface area contributed by atoms with Crippen molar-refractivity contribution in [3.8, 4) is 28.2 Å². The van der Waals surface area contributed by atoms with Gasteiger partial charge in [-0.15, -0.1) is 11.3 Å². The van der Waals surface area contributed by atoms with Gasteiger partial charge in [0.25, 0.3) is 0 Å². The van der Waals surface area contributed by atoms with Crippen LogP contribution in [0.15, 0.2) is 115 Å². The molecule has 0 saturated carbocycles. The van der Waals surface area contributed by atoms with Gasteiger partial charge in [-0.05, 0) is 66.1 Å². The summed E-state index contributed by atoms with van der Waals surface area (Å²) >= 11 is 1.87. The van der Waals surface area contributed by atoms with Crippen molar-refractivity contribution in [3.63, 3.8) is 0 Å². The number of para-hydroxylation sites is 3. The molecule has 166 valence electrons. The van der Waals surface area contributed by atoms with E-state index in [-0.39, 0.29) is 0 Å². The van der Waals surface area contributed by atoms with Crippen molar-refractivity contribution >= 4 is 42.5 Å². The maximum atomic E-state index is 5.10. The van der Waals surface area contributed by atoms with Crippen LogP contribution in [0.25, 0.3) is 59.4 Å². The molecular formula is C32H22N2S. The first kappa shape index (κ1) is 20.2. The molecule has 0 saturated heterocycles. The molecule has 0 aliphatic heterocycles. The minimum atomic E-state index is 0.964. The Morgan fingerprint density at radius 2 is 1.40 bits per heavy atom. The highest BCUT2D eigenvalue weighted by atomic mass is 32.1. The monoisotopic (exact) mass is 466 g/mol. The predicted octanol–water partition coefficient (Wildman–Crippen LogP) is 9.04. The first-order valence-electron chi connectivity index (χ1n) is 11.8. The summed E-state index contributed by atoms with van der Waals surface area (Å²) in [7, 11) is 0. The van der Waals surface area contributed by atoms with Crippen LogP contribution >= 0.6 is 11.3 Å². The molecule has 2 nitrogen and oxygen atoms in total. The molecule has 0 radical (unpaired) electrons. The molecule has 3 heteroatoms. The van der Waals surface area contributed by atoms with Gasteiger partial charge in [0.05, 0.1) is 11.0 Å². The van der Waals surface area contributed by atoms with Gasteiger partial charge in [-0.2, -0.15) is 0 Å². The van der Waals surface area contributed by atoms with E-state index in [9.17, 15) is 0 Å². The highest BCUT2D eigenvalue weighted by Gasteiger charge is 2.16. The minimum Gasteiger partial charge on any atom is -0.292 e. The largest absolute Gasteiger partial charge is 0.292 e. The third kappa shape index (κ3) is 3.28. The molecule has 0 unspecified atom stereocenters. The maximum absolute atomic E-state index is 5.10. The Kier molecular flexibility index (Phi) is 4.58. The lowest BCUT2D eigenvalue weighted by Crippen LogP contribution is -1.98. The fraction of sp³-hybridized carbons (Fsp3) is 0.0312. The van der Waals surface area contributed by atoms with Crippen molar-refractivity contribution in [2.45, 2.75) is 6.92 Å². The van der Waals surface area contributed by atoms with Crippen molar-refractivity contribution in [2.75, 3.05) is 0 Å². The number of rotatable bonds is 3. The van der Waals surface area contributed by atoms with Gasteiger partial charge in [-0.3, -0.25) is 4.57 Å². The normalized spacial score (nSPS) is 11.6. The third-order valence-electron chi connectivity index (χ3n) is 6.63. The van der Waals surface area contributed by atoms with Gasteiger partial charge in [0, 0.05) is 31.4 Å². The summed E-state index contributed by atoms with van der Waals surface area (Å²) in [6.07, 6.45) is 0. The number of thiophene rings is 1. The molecular weight excluding hydrogens is 444 g/mol. The Morgan fingerprint density at radius 3 is 2.31 bits per heavy atom. The Balaban J connectivity index is 1.49. The topological polar surface area (TPSA) is 17.8 Å². The predicted molar refractivity (Wildman–Crippen MR) is 150 cm³/mol. The van der Waals surface area contributed by atoms with E-state index in [1.54, 1.807) is 0 Å². The maximum Gasteiger partial charge on any atom is 0.145 e. The number of hydrogen-bond donors (Lipinski definition) is 0. The van der Waals surface area contributed by atoms with Crippen LogP contribution in [0.4, 0.5) is 0 Å². The zero-order valence-electron chi connectivity index (χ0n) is 19.3. The molecule has 2 heterocycles. The zero-order chi connectivity index (χ0) is 23.4. The van der Waals surface area contributed by atoms with Gasteiger partial charge >= 0.3 is 0 Å². The van der Waals surface area contributed by atoms with Crippen LogP contribution in [0.5, 0.6) is 0 Å². The highest BCUT2D eigenvalue weighted by molar-refractivity contribution is 7.26. The smallest absolute Gasteiger partial charge is 0.145 e. The van der Waals surface area contributed by atoms with E-state index in [0.717, 1.165) is 28.1 Å². The summed E-state index contributed by atoms with van der Waals surface area (Å²) in [5, 5.41) is 2.65. The van der Waals surface area contributed by atoms with Crippen LogP contribution in [-0.4, -0.2) is 9.55 Å². The number of fused-ring (bicyclic) bond motifs is 4. The second-order valence-corrected chi connectivity index (χ2v) is 10.0. The number of nitrogens with zero attached hydrogens (tertiary/aromatic N) is 2. The summed E-state index contributed by atoms with van der Waals surface area (Å²) in [5.74, 6) is 0.964. The molecule has 35 heavy (non-hydrogen) atoms. The average molecular weight is 467 g/mol. The number of imidazole rings is 1. The van der Waals surface area contributed by atoms with Gasteiger partial charge in [-0.1, -0.05) is 72.8 Å². The van der Waals surface area contributed by atoms with Gasteiger partial charge in [-0.25, -0.2) is 4.98 Å². The molecule has 7 aromatic rings. The fourth-order valence-corrected chi connectivity index (χ4v) is 6.34. The minimum absolute atomic E-state index is 0.964. The van der Waals surface area contributed by atoms with Gasteiger partial charge in [0.2, 0.25) is 0 Å². The van der Waals surface area contributed by atoms with E-state index in [1.165, 1.54) is 36.9 Å². The van der Waals surface area contributed by atoms with Crippen molar-refractivity contribution in [2.24, 2.45) is 0 Å². The number of aromatic nitrogens is 2. The Bertz CT molecular complexity index is 1860. The quantitative estimate of drug-likeness (QED) is 0.254. The molecule has 7 rings (SSSR count). The summed E-state index contributed by atoms with van der Waals surface area (Å²) < 4.78 is 4.93. The molecule has 0 aliphatic carbocycles. The second-order valence-electron chi connectivity index (χ2n) is 8.96. The van der Waals surface area contributed by atoms with Crippen LogP contribution in [-0.2, 0) is 0 Å². The molecule has 0 atom stereocenters. The first-order chi connectivity index (χ1) is 17.3. The Labute approximate surface area is 207 Å². The standard InChI is InChI=1S/C32H22N2S/c1-21-18-22(25-13-9-14-27-26-12-5-8-17-30(26)35-31(25)27)20-23(19-21)32-33-28-15-6-7-16-29(28)34(32)24-10-3-2-4-11-24/h2-20H,1H3. The van der Waals surface area contributed by atoms with Crippen molar-refractivity contribution in [1.82, 2.24) is 9.55 Å². The van der Waals surface area contributed by atoms with Crippen LogP contribution in [0, 0.1) is 6.92 Å². The lowest BCUT2D eigenvalue weighted by Gasteiger charge is -2.12. The molecule has 0 N–H and O–H groups in total. The van der Waals surface area contributed by atoms with Gasteiger partial charge < -0.3 is 0 Å². The van der Waals surface area contributed by atoms with E-state index in [1.807, 2.05) is 11.3 Å². The number of aryl methyl sites for hydroxylation is 1. The number of benzene rings is 5. The van der Waals surface area contributed by atoms with Crippen LogP contribution in [0.1, 0.15) is 5.56 Å². The summed E-state index contributed by atoms with van der Waals surface area (Å²) in [5.41, 5.74) is 8.08. The van der Waals surface area contributed by atoms with E-state index in [4.69, 9.17) is 4.98 Å². The van der Waals surface area contributed by atoms with Crippen LogP contribution in [0.3, 0.4) is 0 Å². The summed E-state index contributed by atoms with van der Waals surface area (Å²) in [6.45, 7) is 2.17.